The van der Waals surface area contributed by atoms with E-state index in [4.69, 9.17) is 9.72 Å². The number of nitrogens with zero attached hydrogens (tertiary/aromatic N) is 2. The molecule has 27 heavy (non-hydrogen) atoms. The molecule has 4 rings (SSSR count). The number of anilines is 1. The standard InChI is InChI=1S/C22H25N3OS/c1-3-7-18(8-4-1)11-12-23-17-20-21(19-9-5-2-6-10-19)24-22(27-20)25-13-15-26-16-14-25/h1-10,23H,11-17H2. The van der Waals surface area contributed by atoms with Gasteiger partial charge in [-0.2, -0.15) is 0 Å². The Morgan fingerprint density at radius 2 is 1.67 bits per heavy atom. The summed E-state index contributed by atoms with van der Waals surface area (Å²) in [5.41, 5.74) is 3.66. The Balaban J connectivity index is 1.46. The highest BCUT2D eigenvalue weighted by molar-refractivity contribution is 7.16. The van der Waals surface area contributed by atoms with Crippen molar-refractivity contribution in [3.05, 3.63) is 71.1 Å². The van der Waals surface area contributed by atoms with Crippen molar-refractivity contribution in [2.45, 2.75) is 13.0 Å². The number of ether oxygens (including phenoxy) is 1. The topological polar surface area (TPSA) is 37.4 Å². The number of nitrogens with one attached hydrogen (secondary N) is 1. The number of hydrogen-bond acceptors (Lipinski definition) is 5. The van der Waals surface area contributed by atoms with Crippen molar-refractivity contribution >= 4 is 16.5 Å². The smallest absolute Gasteiger partial charge is 0.186 e. The molecule has 0 amide bonds. The first kappa shape index (κ1) is 18.2. The van der Waals surface area contributed by atoms with Crippen LogP contribution in [0.1, 0.15) is 10.4 Å². The van der Waals surface area contributed by atoms with Crippen LogP contribution < -0.4 is 10.2 Å². The monoisotopic (exact) mass is 379 g/mol. The van der Waals surface area contributed by atoms with E-state index in [1.807, 2.05) is 0 Å². The van der Waals surface area contributed by atoms with Crippen molar-refractivity contribution in [3.63, 3.8) is 0 Å². The van der Waals surface area contributed by atoms with Crippen LogP contribution in [0.15, 0.2) is 60.7 Å². The zero-order valence-corrected chi connectivity index (χ0v) is 16.3. The van der Waals surface area contributed by atoms with Gasteiger partial charge in [-0.15, -0.1) is 0 Å². The average Bonchev–Trinajstić information content (AvgIpc) is 3.17. The van der Waals surface area contributed by atoms with Crippen LogP contribution in [0.2, 0.25) is 0 Å². The maximum Gasteiger partial charge on any atom is 0.186 e. The van der Waals surface area contributed by atoms with Crippen LogP contribution in [-0.2, 0) is 17.7 Å². The number of aromatic nitrogens is 1. The van der Waals surface area contributed by atoms with E-state index in [1.165, 1.54) is 16.0 Å². The summed E-state index contributed by atoms with van der Waals surface area (Å²) < 4.78 is 5.49. The first-order valence-corrected chi connectivity index (χ1v) is 10.3. The summed E-state index contributed by atoms with van der Waals surface area (Å²) in [4.78, 5) is 8.63. The van der Waals surface area contributed by atoms with Gasteiger partial charge in [-0.25, -0.2) is 4.98 Å². The predicted molar refractivity (Wildman–Crippen MR) is 112 cm³/mol. The molecule has 1 fully saturated rings. The van der Waals surface area contributed by atoms with Crippen molar-refractivity contribution in [2.24, 2.45) is 0 Å². The molecule has 2 aromatic carbocycles. The van der Waals surface area contributed by atoms with Crippen molar-refractivity contribution in [3.8, 4) is 11.3 Å². The molecule has 1 aliphatic rings. The molecule has 140 valence electrons. The number of thiazole rings is 1. The minimum Gasteiger partial charge on any atom is -0.378 e. The van der Waals surface area contributed by atoms with E-state index in [0.717, 1.165) is 56.6 Å². The lowest BCUT2D eigenvalue weighted by atomic mass is 10.1. The lowest BCUT2D eigenvalue weighted by molar-refractivity contribution is 0.122. The van der Waals surface area contributed by atoms with Gasteiger partial charge in [0.1, 0.15) is 0 Å². The average molecular weight is 380 g/mol. The second kappa shape index (κ2) is 9.13. The van der Waals surface area contributed by atoms with E-state index in [0.29, 0.717) is 0 Å². The van der Waals surface area contributed by atoms with Gasteiger partial charge in [0.2, 0.25) is 0 Å². The summed E-state index contributed by atoms with van der Waals surface area (Å²) in [5.74, 6) is 0. The molecule has 0 aliphatic carbocycles. The molecule has 0 bridgehead atoms. The normalized spacial score (nSPS) is 14.4. The van der Waals surface area contributed by atoms with Gasteiger partial charge in [-0.1, -0.05) is 72.0 Å². The van der Waals surface area contributed by atoms with Crippen LogP contribution in [0.5, 0.6) is 0 Å². The van der Waals surface area contributed by atoms with Crippen molar-refractivity contribution in [2.75, 3.05) is 37.7 Å². The molecule has 0 unspecified atom stereocenters. The Morgan fingerprint density at radius 3 is 2.41 bits per heavy atom. The van der Waals surface area contributed by atoms with Crippen molar-refractivity contribution < 1.29 is 4.74 Å². The molecular weight excluding hydrogens is 354 g/mol. The molecule has 3 aromatic rings. The minimum absolute atomic E-state index is 0.783. The highest BCUT2D eigenvalue weighted by Gasteiger charge is 2.19. The molecule has 1 saturated heterocycles. The second-order valence-electron chi connectivity index (χ2n) is 6.65. The second-order valence-corrected chi connectivity index (χ2v) is 7.71. The van der Waals surface area contributed by atoms with Gasteiger partial charge in [-0.05, 0) is 18.5 Å². The van der Waals surface area contributed by atoms with Gasteiger partial charge in [0, 0.05) is 30.1 Å². The van der Waals surface area contributed by atoms with E-state index < -0.39 is 0 Å². The Bertz CT molecular complexity index is 829. The van der Waals surface area contributed by atoms with Crippen LogP contribution in [0.4, 0.5) is 5.13 Å². The summed E-state index contributed by atoms with van der Waals surface area (Å²) in [6.07, 6.45) is 1.04. The van der Waals surface area contributed by atoms with Crippen molar-refractivity contribution in [1.29, 1.82) is 0 Å². The van der Waals surface area contributed by atoms with Gasteiger partial charge in [0.05, 0.1) is 18.9 Å². The van der Waals surface area contributed by atoms with E-state index in [1.54, 1.807) is 11.3 Å². The number of rotatable bonds is 7. The van der Waals surface area contributed by atoms with E-state index in [9.17, 15) is 0 Å². The van der Waals surface area contributed by atoms with E-state index in [2.05, 4.69) is 70.9 Å². The Kier molecular flexibility index (Phi) is 6.14. The molecule has 1 aromatic heterocycles. The van der Waals surface area contributed by atoms with Gasteiger partial charge in [0.15, 0.2) is 5.13 Å². The first-order chi connectivity index (χ1) is 13.4. The van der Waals surface area contributed by atoms with Crippen LogP contribution in [0.3, 0.4) is 0 Å². The molecule has 5 heteroatoms. The number of benzene rings is 2. The molecule has 1 N–H and O–H groups in total. The van der Waals surface area contributed by atoms with Crippen LogP contribution >= 0.6 is 11.3 Å². The molecule has 0 spiro atoms. The largest absolute Gasteiger partial charge is 0.378 e. The van der Waals surface area contributed by atoms with Crippen molar-refractivity contribution in [1.82, 2.24) is 10.3 Å². The molecular formula is C22H25N3OS. The maximum atomic E-state index is 5.49. The summed E-state index contributed by atoms with van der Waals surface area (Å²) in [7, 11) is 0. The fourth-order valence-electron chi connectivity index (χ4n) is 3.25. The van der Waals surface area contributed by atoms with Gasteiger partial charge in [0.25, 0.3) is 0 Å². The molecule has 4 nitrogen and oxygen atoms in total. The predicted octanol–water partition coefficient (Wildman–Crippen LogP) is 3.98. The maximum absolute atomic E-state index is 5.49. The van der Waals surface area contributed by atoms with Crippen LogP contribution in [0, 0.1) is 0 Å². The number of morpholine rings is 1. The summed E-state index contributed by atoms with van der Waals surface area (Å²) in [5, 5.41) is 4.71. The highest BCUT2D eigenvalue weighted by Crippen LogP contribution is 2.33. The third-order valence-electron chi connectivity index (χ3n) is 4.73. The minimum atomic E-state index is 0.783. The Hall–Kier alpha value is -2.21. The zero-order chi connectivity index (χ0) is 18.3. The lowest BCUT2D eigenvalue weighted by Crippen LogP contribution is -2.36. The quantitative estimate of drug-likeness (QED) is 0.630. The summed E-state index contributed by atoms with van der Waals surface area (Å²) in [6, 6.07) is 21.1. The Labute approximate surface area is 164 Å². The van der Waals surface area contributed by atoms with E-state index >= 15 is 0 Å². The highest BCUT2D eigenvalue weighted by atomic mass is 32.1. The molecule has 2 heterocycles. The third-order valence-corrected chi connectivity index (χ3v) is 5.85. The molecule has 1 aliphatic heterocycles. The van der Waals surface area contributed by atoms with Gasteiger partial charge >= 0.3 is 0 Å². The van der Waals surface area contributed by atoms with Gasteiger partial charge in [-0.3, -0.25) is 0 Å². The summed E-state index contributed by atoms with van der Waals surface area (Å²) in [6.45, 7) is 5.21. The third kappa shape index (κ3) is 4.75. The number of hydrogen-bond donors (Lipinski definition) is 1. The fraction of sp³-hybridized carbons (Fsp3) is 0.318. The molecule has 0 radical (unpaired) electrons. The first-order valence-electron chi connectivity index (χ1n) is 9.52. The SMILES string of the molecule is c1ccc(CCNCc2sc(N3CCOCC3)nc2-c2ccccc2)cc1. The fourth-order valence-corrected chi connectivity index (χ4v) is 4.35. The van der Waals surface area contributed by atoms with Crippen LogP contribution in [0.25, 0.3) is 11.3 Å². The van der Waals surface area contributed by atoms with E-state index in [-0.39, 0.29) is 0 Å². The molecule has 0 atom stereocenters. The summed E-state index contributed by atoms with van der Waals surface area (Å²) >= 11 is 1.80. The lowest BCUT2D eigenvalue weighted by Gasteiger charge is -2.26. The van der Waals surface area contributed by atoms with Gasteiger partial charge < -0.3 is 15.0 Å². The van der Waals surface area contributed by atoms with Crippen LogP contribution in [-0.4, -0.2) is 37.8 Å². The zero-order valence-electron chi connectivity index (χ0n) is 15.4. The Morgan fingerprint density at radius 1 is 0.963 bits per heavy atom. The molecule has 0 saturated carbocycles.